The zero-order valence-corrected chi connectivity index (χ0v) is 18.7. The molecule has 2 saturated heterocycles. The second-order valence-corrected chi connectivity index (χ2v) is 9.16. The Labute approximate surface area is 186 Å². The summed E-state index contributed by atoms with van der Waals surface area (Å²) in [5.74, 6) is -2.90. The molecule has 32 heavy (non-hydrogen) atoms. The van der Waals surface area contributed by atoms with Crippen molar-refractivity contribution in [2.75, 3.05) is 19.6 Å². The normalized spacial score (nSPS) is 26.2. The Balaban J connectivity index is 2.07. The number of piperidine rings is 1. The van der Waals surface area contributed by atoms with Crippen molar-refractivity contribution in [2.24, 2.45) is 17.8 Å². The van der Waals surface area contributed by atoms with E-state index in [2.05, 4.69) is 10.6 Å². The average Bonchev–Trinajstić information content (AvgIpc) is 3.11. The maximum absolute atomic E-state index is 13.0. The van der Waals surface area contributed by atoms with Crippen molar-refractivity contribution in [3.05, 3.63) is 0 Å². The third-order valence-corrected chi connectivity index (χ3v) is 6.24. The highest BCUT2D eigenvalue weighted by Crippen LogP contribution is 2.25. The molecule has 2 heterocycles. The molecule has 2 aliphatic heterocycles. The van der Waals surface area contributed by atoms with E-state index in [-0.39, 0.29) is 42.5 Å². The topological polar surface area (TPSA) is 114 Å². The first kappa shape index (κ1) is 25.9. The summed E-state index contributed by atoms with van der Waals surface area (Å²) in [7, 11) is 0. The number of rotatable bonds is 8. The largest absolute Gasteiger partial charge is 0.471 e. The number of carbonyl (C=O) groups is 3. The molecule has 0 aromatic heterocycles. The van der Waals surface area contributed by atoms with Crippen LogP contribution in [0.1, 0.15) is 46.5 Å². The van der Waals surface area contributed by atoms with Crippen molar-refractivity contribution < 1.29 is 27.6 Å². The average molecular weight is 460 g/mol. The summed E-state index contributed by atoms with van der Waals surface area (Å²) in [5.41, 5.74) is 0. The van der Waals surface area contributed by atoms with Gasteiger partial charge in [-0.2, -0.15) is 18.4 Å². The number of carbonyl (C=O) groups excluding carboxylic acids is 3. The van der Waals surface area contributed by atoms with Gasteiger partial charge in [-0.3, -0.25) is 19.3 Å². The van der Waals surface area contributed by atoms with Crippen molar-refractivity contribution in [3.63, 3.8) is 0 Å². The SMILES string of the molecule is CC(C)C(CN1CC[C@@H](C)C[C@H]1C(=O)NC(C#N)C[C@@H]1CCNC1=O)NC(=O)C(F)(F)F. The highest BCUT2D eigenvalue weighted by atomic mass is 19.4. The summed E-state index contributed by atoms with van der Waals surface area (Å²) in [6, 6.07) is -0.216. The predicted octanol–water partition coefficient (Wildman–Crippen LogP) is 1.32. The van der Waals surface area contributed by atoms with Crippen LogP contribution in [-0.2, 0) is 14.4 Å². The van der Waals surface area contributed by atoms with Gasteiger partial charge in [0.2, 0.25) is 11.8 Å². The van der Waals surface area contributed by atoms with Gasteiger partial charge in [-0.25, -0.2) is 0 Å². The predicted molar refractivity (Wildman–Crippen MR) is 110 cm³/mol. The molecular weight excluding hydrogens is 427 g/mol. The summed E-state index contributed by atoms with van der Waals surface area (Å²) < 4.78 is 38.2. The van der Waals surface area contributed by atoms with Crippen LogP contribution in [0, 0.1) is 29.1 Å². The van der Waals surface area contributed by atoms with Gasteiger partial charge in [0.05, 0.1) is 12.1 Å². The molecule has 0 aliphatic carbocycles. The van der Waals surface area contributed by atoms with Crippen molar-refractivity contribution in [3.8, 4) is 6.07 Å². The maximum Gasteiger partial charge on any atom is 0.471 e. The number of likely N-dealkylation sites (tertiary alicyclic amines) is 1. The molecule has 8 nitrogen and oxygen atoms in total. The highest BCUT2D eigenvalue weighted by molar-refractivity contribution is 5.83. The van der Waals surface area contributed by atoms with E-state index in [1.54, 1.807) is 18.7 Å². The Bertz CT molecular complexity index is 737. The molecule has 0 spiro atoms. The van der Waals surface area contributed by atoms with Crippen LogP contribution < -0.4 is 16.0 Å². The van der Waals surface area contributed by atoms with E-state index >= 15 is 0 Å². The number of hydrogen-bond donors (Lipinski definition) is 3. The molecule has 180 valence electrons. The van der Waals surface area contributed by atoms with Gasteiger partial charge in [0.15, 0.2) is 0 Å². The van der Waals surface area contributed by atoms with Crippen LogP contribution in [0.4, 0.5) is 13.2 Å². The lowest BCUT2D eigenvalue weighted by molar-refractivity contribution is -0.174. The van der Waals surface area contributed by atoms with E-state index in [1.165, 1.54) is 0 Å². The zero-order valence-electron chi connectivity index (χ0n) is 18.7. The van der Waals surface area contributed by atoms with Crippen LogP contribution in [0.15, 0.2) is 0 Å². The molecule has 0 saturated carbocycles. The number of amides is 3. The number of hydrogen-bond acceptors (Lipinski definition) is 5. The number of nitriles is 1. The minimum atomic E-state index is -4.98. The van der Waals surface area contributed by atoms with E-state index in [0.29, 0.717) is 25.9 Å². The van der Waals surface area contributed by atoms with Crippen LogP contribution >= 0.6 is 0 Å². The van der Waals surface area contributed by atoms with E-state index in [9.17, 15) is 32.8 Å². The number of halogens is 3. The number of nitrogens with zero attached hydrogens (tertiary/aromatic N) is 2. The Morgan fingerprint density at radius 1 is 1.28 bits per heavy atom. The summed E-state index contributed by atoms with van der Waals surface area (Å²) >= 11 is 0. The van der Waals surface area contributed by atoms with E-state index in [4.69, 9.17) is 0 Å². The molecule has 3 N–H and O–H groups in total. The van der Waals surface area contributed by atoms with Crippen molar-refractivity contribution in [1.29, 1.82) is 5.26 Å². The number of nitrogens with one attached hydrogen (secondary N) is 3. The van der Waals surface area contributed by atoms with Gasteiger partial charge in [0.25, 0.3) is 0 Å². The highest BCUT2D eigenvalue weighted by Gasteiger charge is 2.41. The van der Waals surface area contributed by atoms with Gasteiger partial charge in [-0.15, -0.1) is 0 Å². The molecule has 0 aromatic rings. The van der Waals surface area contributed by atoms with Crippen LogP contribution in [0.5, 0.6) is 0 Å². The first-order valence-corrected chi connectivity index (χ1v) is 11.0. The van der Waals surface area contributed by atoms with E-state index < -0.39 is 30.2 Å². The fraction of sp³-hybridized carbons (Fsp3) is 0.810. The number of alkyl halides is 3. The van der Waals surface area contributed by atoms with Crippen molar-refractivity contribution in [1.82, 2.24) is 20.9 Å². The Hall–Kier alpha value is -2.35. The van der Waals surface area contributed by atoms with Crippen LogP contribution in [0.25, 0.3) is 0 Å². The maximum atomic E-state index is 13.0. The third kappa shape index (κ3) is 7.08. The van der Waals surface area contributed by atoms with Crippen molar-refractivity contribution >= 4 is 17.7 Å². The quantitative estimate of drug-likeness (QED) is 0.507. The standard InChI is InChI=1S/C21H32F3N5O3/c1-12(2)16(28-20(32)21(22,23)24)11-29-7-5-13(3)8-17(29)19(31)27-15(10-25)9-14-4-6-26-18(14)30/h12-17H,4-9,11H2,1-3H3,(H,26,30)(H,27,31)(H,28,32)/t13-,14+,15?,16?,17+/m1/s1. The molecular formula is C21H32F3N5O3. The molecule has 3 amide bonds. The molecule has 0 bridgehead atoms. The second-order valence-electron chi connectivity index (χ2n) is 9.16. The summed E-state index contributed by atoms with van der Waals surface area (Å²) in [5, 5.41) is 16.9. The molecule has 5 atom stereocenters. The van der Waals surface area contributed by atoms with Gasteiger partial charge in [-0.1, -0.05) is 20.8 Å². The molecule has 0 aromatic carbocycles. The lowest BCUT2D eigenvalue weighted by Crippen LogP contribution is -2.58. The minimum absolute atomic E-state index is 0.0898. The molecule has 11 heteroatoms. The molecule has 2 unspecified atom stereocenters. The molecule has 2 aliphatic rings. The monoisotopic (exact) mass is 459 g/mol. The van der Waals surface area contributed by atoms with Crippen LogP contribution in [-0.4, -0.2) is 66.6 Å². The van der Waals surface area contributed by atoms with Gasteiger partial charge in [0.1, 0.15) is 6.04 Å². The first-order chi connectivity index (χ1) is 14.9. The first-order valence-electron chi connectivity index (χ1n) is 11.0. The summed E-state index contributed by atoms with van der Waals surface area (Å²) in [4.78, 5) is 38.1. The summed E-state index contributed by atoms with van der Waals surface area (Å²) in [6.07, 6.45) is -2.90. The molecule has 2 rings (SSSR count). The zero-order chi connectivity index (χ0) is 24.1. The lowest BCUT2D eigenvalue weighted by atomic mass is 9.90. The summed E-state index contributed by atoms with van der Waals surface area (Å²) in [6.45, 7) is 6.54. The molecule has 0 radical (unpaired) electrons. The van der Waals surface area contributed by atoms with Gasteiger partial charge < -0.3 is 16.0 Å². The van der Waals surface area contributed by atoms with Gasteiger partial charge in [-0.05, 0) is 44.1 Å². The Morgan fingerprint density at radius 2 is 1.97 bits per heavy atom. The van der Waals surface area contributed by atoms with Gasteiger partial charge in [0, 0.05) is 25.0 Å². The van der Waals surface area contributed by atoms with E-state index in [1.807, 2.05) is 18.3 Å². The minimum Gasteiger partial charge on any atom is -0.356 e. The third-order valence-electron chi connectivity index (χ3n) is 6.24. The lowest BCUT2D eigenvalue weighted by Gasteiger charge is -2.40. The molecule has 2 fully saturated rings. The van der Waals surface area contributed by atoms with E-state index in [0.717, 1.165) is 6.42 Å². The van der Waals surface area contributed by atoms with Crippen LogP contribution in [0.2, 0.25) is 0 Å². The smallest absolute Gasteiger partial charge is 0.356 e. The van der Waals surface area contributed by atoms with Crippen LogP contribution in [0.3, 0.4) is 0 Å². The Morgan fingerprint density at radius 3 is 2.50 bits per heavy atom. The fourth-order valence-corrected chi connectivity index (χ4v) is 4.17. The van der Waals surface area contributed by atoms with Gasteiger partial charge >= 0.3 is 12.1 Å². The Kier molecular flexibility index (Phi) is 8.89. The fourth-order valence-electron chi connectivity index (χ4n) is 4.17. The van der Waals surface area contributed by atoms with Crippen molar-refractivity contribution in [2.45, 2.75) is 70.8 Å². The second kappa shape index (κ2) is 11.0.